The molecule has 0 aliphatic carbocycles. The van der Waals surface area contributed by atoms with E-state index in [0.717, 1.165) is 5.56 Å². The van der Waals surface area contributed by atoms with E-state index in [1.165, 1.54) is 24.3 Å². The third kappa shape index (κ3) is 4.49. The molecule has 3 N–H and O–H groups in total. The first-order valence-corrected chi connectivity index (χ1v) is 7.05. The maximum atomic E-state index is 11.7. The molecule has 5 nitrogen and oxygen atoms in total. The van der Waals surface area contributed by atoms with E-state index >= 15 is 0 Å². The molecule has 2 aromatic carbocycles. The molecule has 0 aromatic heterocycles. The van der Waals surface area contributed by atoms with Crippen LogP contribution in [0.25, 0.3) is 0 Å². The van der Waals surface area contributed by atoms with Gasteiger partial charge in [0, 0.05) is 17.3 Å². The van der Waals surface area contributed by atoms with Gasteiger partial charge < -0.3 is 15.7 Å². The van der Waals surface area contributed by atoms with Gasteiger partial charge in [-0.2, -0.15) is 0 Å². The third-order valence-corrected chi connectivity index (χ3v) is 3.40. The van der Waals surface area contributed by atoms with Crippen molar-refractivity contribution in [3.05, 3.63) is 64.7 Å². The summed E-state index contributed by atoms with van der Waals surface area (Å²) in [6.45, 7) is 0.447. The summed E-state index contributed by atoms with van der Waals surface area (Å²) in [7, 11) is 0. The van der Waals surface area contributed by atoms with Crippen LogP contribution < -0.4 is 10.6 Å². The van der Waals surface area contributed by atoms with Gasteiger partial charge in [-0.15, -0.1) is 0 Å². The normalized spacial score (nSPS) is 10.0. The van der Waals surface area contributed by atoms with E-state index in [0.29, 0.717) is 23.7 Å². The van der Waals surface area contributed by atoms with E-state index in [1.54, 1.807) is 6.07 Å². The molecule has 2 amide bonds. The van der Waals surface area contributed by atoms with Crippen LogP contribution in [0.1, 0.15) is 15.9 Å². The molecule has 2 rings (SSSR count). The minimum atomic E-state index is -1.00. The van der Waals surface area contributed by atoms with E-state index in [2.05, 4.69) is 10.6 Å². The van der Waals surface area contributed by atoms with Crippen LogP contribution in [0.4, 0.5) is 10.5 Å². The summed E-state index contributed by atoms with van der Waals surface area (Å²) < 4.78 is 0. The maximum Gasteiger partial charge on any atom is 0.335 e. The number of carbonyl (C=O) groups is 2. The SMILES string of the molecule is O=C(NCCc1ccccc1Cl)Nc1ccc(C(=O)O)cc1. The Kier molecular flexibility index (Phi) is 5.38. The topological polar surface area (TPSA) is 78.4 Å². The van der Waals surface area contributed by atoms with Crippen molar-refractivity contribution >= 4 is 29.3 Å². The van der Waals surface area contributed by atoms with Gasteiger partial charge in [0.1, 0.15) is 0 Å². The summed E-state index contributed by atoms with van der Waals surface area (Å²) in [6.07, 6.45) is 0.630. The van der Waals surface area contributed by atoms with Crippen LogP contribution in [-0.2, 0) is 6.42 Å². The van der Waals surface area contributed by atoms with Crippen LogP contribution >= 0.6 is 11.6 Å². The smallest absolute Gasteiger partial charge is 0.335 e. The quantitative estimate of drug-likeness (QED) is 0.790. The highest BCUT2D eigenvalue weighted by atomic mass is 35.5. The van der Waals surface area contributed by atoms with Gasteiger partial charge in [-0.3, -0.25) is 0 Å². The van der Waals surface area contributed by atoms with Crippen molar-refractivity contribution in [2.75, 3.05) is 11.9 Å². The molecule has 6 heteroatoms. The Morgan fingerprint density at radius 1 is 1.05 bits per heavy atom. The lowest BCUT2D eigenvalue weighted by Gasteiger charge is -2.08. The number of urea groups is 1. The van der Waals surface area contributed by atoms with Crippen LogP contribution in [0.2, 0.25) is 5.02 Å². The van der Waals surface area contributed by atoms with Crippen LogP contribution in [-0.4, -0.2) is 23.7 Å². The lowest BCUT2D eigenvalue weighted by atomic mass is 10.1. The van der Waals surface area contributed by atoms with Crippen molar-refractivity contribution in [3.63, 3.8) is 0 Å². The summed E-state index contributed by atoms with van der Waals surface area (Å²) >= 11 is 6.03. The Morgan fingerprint density at radius 2 is 1.73 bits per heavy atom. The van der Waals surface area contributed by atoms with Crippen molar-refractivity contribution in [1.29, 1.82) is 0 Å². The molecular weight excluding hydrogens is 304 g/mol. The van der Waals surface area contributed by atoms with Crippen molar-refractivity contribution in [2.45, 2.75) is 6.42 Å². The minimum Gasteiger partial charge on any atom is -0.478 e. The molecule has 22 heavy (non-hydrogen) atoms. The van der Waals surface area contributed by atoms with Crippen molar-refractivity contribution in [2.24, 2.45) is 0 Å². The van der Waals surface area contributed by atoms with Gasteiger partial charge in [0.05, 0.1) is 5.56 Å². The predicted molar refractivity (Wildman–Crippen MR) is 85.6 cm³/mol. The number of carboxylic acids is 1. The Hall–Kier alpha value is -2.53. The van der Waals surface area contributed by atoms with Gasteiger partial charge in [-0.05, 0) is 42.3 Å². The van der Waals surface area contributed by atoms with Gasteiger partial charge in [-0.25, -0.2) is 9.59 Å². The first-order chi connectivity index (χ1) is 10.6. The highest BCUT2D eigenvalue weighted by Gasteiger charge is 2.05. The molecule has 0 saturated carbocycles. The lowest BCUT2D eigenvalue weighted by Crippen LogP contribution is -2.30. The molecule has 114 valence electrons. The third-order valence-electron chi connectivity index (χ3n) is 3.03. The largest absolute Gasteiger partial charge is 0.478 e. The Balaban J connectivity index is 1.80. The number of hydrogen-bond donors (Lipinski definition) is 3. The molecule has 0 radical (unpaired) electrons. The number of rotatable bonds is 5. The van der Waals surface area contributed by atoms with Crippen molar-refractivity contribution in [3.8, 4) is 0 Å². The van der Waals surface area contributed by atoms with Crippen LogP contribution in [0.3, 0.4) is 0 Å². The molecule has 0 aliphatic heterocycles. The first kappa shape index (κ1) is 15.9. The van der Waals surface area contributed by atoms with E-state index in [9.17, 15) is 9.59 Å². The number of nitrogens with one attached hydrogen (secondary N) is 2. The molecular formula is C16H15ClN2O3. The van der Waals surface area contributed by atoms with Gasteiger partial charge in [-0.1, -0.05) is 29.8 Å². The van der Waals surface area contributed by atoms with E-state index in [1.807, 2.05) is 18.2 Å². The van der Waals surface area contributed by atoms with Gasteiger partial charge in [0.2, 0.25) is 0 Å². The Labute approximate surface area is 132 Å². The Bertz CT molecular complexity index is 671. The molecule has 0 bridgehead atoms. The molecule has 0 aliphatic rings. The summed E-state index contributed by atoms with van der Waals surface area (Å²) in [5, 5.41) is 14.8. The first-order valence-electron chi connectivity index (χ1n) is 6.68. The number of hydrogen-bond acceptors (Lipinski definition) is 2. The predicted octanol–water partition coefficient (Wildman–Crippen LogP) is 3.40. The second kappa shape index (κ2) is 7.47. The summed E-state index contributed by atoms with van der Waals surface area (Å²) in [4.78, 5) is 22.5. The summed E-state index contributed by atoms with van der Waals surface area (Å²) in [6, 6.07) is 13.1. The second-order valence-electron chi connectivity index (χ2n) is 4.60. The summed E-state index contributed by atoms with van der Waals surface area (Å²) in [5.41, 5.74) is 1.67. The Morgan fingerprint density at radius 3 is 2.36 bits per heavy atom. The molecule has 0 unspecified atom stereocenters. The fourth-order valence-corrected chi connectivity index (χ4v) is 2.11. The molecule has 0 heterocycles. The molecule has 0 spiro atoms. The second-order valence-corrected chi connectivity index (χ2v) is 5.01. The highest BCUT2D eigenvalue weighted by Crippen LogP contribution is 2.15. The molecule has 0 atom stereocenters. The molecule has 0 saturated heterocycles. The molecule has 2 aromatic rings. The zero-order chi connectivity index (χ0) is 15.9. The zero-order valence-corrected chi connectivity index (χ0v) is 12.4. The van der Waals surface area contributed by atoms with Crippen LogP contribution in [0.5, 0.6) is 0 Å². The van der Waals surface area contributed by atoms with Gasteiger partial charge in [0.25, 0.3) is 0 Å². The molecule has 0 fully saturated rings. The van der Waals surface area contributed by atoms with Crippen molar-refractivity contribution < 1.29 is 14.7 Å². The number of anilines is 1. The summed E-state index contributed by atoms with van der Waals surface area (Å²) in [5.74, 6) is -1.00. The van der Waals surface area contributed by atoms with E-state index in [-0.39, 0.29) is 11.6 Å². The fourth-order valence-electron chi connectivity index (χ4n) is 1.88. The average Bonchev–Trinajstić information content (AvgIpc) is 2.50. The number of aromatic carboxylic acids is 1. The average molecular weight is 319 g/mol. The lowest BCUT2D eigenvalue weighted by molar-refractivity contribution is 0.0697. The van der Waals surface area contributed by atoms with Gasteiger partial charge >= 0.3 is 12.0 Å². The maximum absolute atomic E-state index is 11.7. The van der Waals surface area contributed by atoms with Crippen molar-refractivity contribution in [1.82, 2.24) is 5.32 Å². The minimum absolute atomic E-state index is 0.171. The number of amides is 2. The zero-order valence-electron chi connectivity index (χ0n) is 11.7. The van der Waals surface area contributed by atoms with E-state index < -0.39 is 5.97 Å². The number of halogens is 1. The monoisotopic (exact) mass is 318 g/mol. The fraction of sp³-hybridized carbons (Fsp3) is 0.125. The highest BCUT2D eigenvalue weighted by molar-refractivity contribution is 6.31. The number of carboxylic acid groups (broad SMARTS) is 1. The van der Waals surface area contributed by atoms with E-state index in [4.69, 9.17) is 16.7 Å². The number of carbonyl (C=O) groups excluding carboxylic acids is 1. The van der Waals surface area contributed by atoms with Crippen LogP contribution in [0, 0.1) is 0 Å². The number of benzene rings is 2. The van der Waals surface area contributed by atoms with Gasteiger partial charge in [0.15, 0.2) is 0 Å². The standard InChI is InChI=1S/C16H15ClN2O3/c17-14-4-2-1-3-11(14)9-10-18-16(22)19-13-7-5-12(6-8-13)15(20)21/h1-8H,9-10H2,(H,20,21)(H2,18,19,22). The van der Waals surface area contributed by atoms with Crippen LogP contribution in [0.15, 0.2) is 48.5 Å².